The summed E-state index contributed by atoms with van der Waals surface area (Å²) in [7, 11) is -1.93. The maximum absolute atomic E-state index is 13.8. The van der Waals surface area contributed by atoms with Crippen molar-refractivity contribution >= 4 is 21.8 Å². The molecule has 1 atom stereocenters. The van der Waals surface area contributed by atoms with Crippen LogP contribution in [0.25, 0.3) is 0 Å². The maximum atomic E-state index is 13.8. The highest BCUT2D eigenvalue weighted by Gasteiger charge is 2.30. The molecule has 2 amide bonds. The minimum atomic E-state index is -3.54. The summed E-state index contributed by atoms with van der Waals surface area (Å²) in [5.74, 6) is 0.377. The lowest BCUT2D eigenvalue weighted by Gasteiger charge is -2.31. The van der Waals surface area contributed by atoms with E-state index in [0.29, 0.717) is 25.1 Å². The van der Waals surface area contributed by atoms with Crippen LogP contribution in [0.15, 0.2) is 83.8 Å². The van der Waals surface area contributed by atoms with Crippen LogP contribution in [0.4, 0.5) is 0 Å². The van der Waals surface area contributed by atoms with Crippen LogP contribution >= 0.6 is 0 Å². The lowest BCUT2D eigenvalue weighted by molar-refractivity contribution is -0.141. The number of carbonyl (C=O) groups is 2. The molecule has 0 spiro atoms. The molecule has 0 heterocycles. The Balaban J connectivity index is 1.54. The van der Waals surface area contributed by atoms with E-state index in [0.717, 1.165) is 36.0 Å². The molecule has 0 aliphatic heterocycles. The third-order valence-corrected chi connectivity index (χ3v) is 8.63. The summed E-state index contributed by atoms with van der Waals surface area (Å²) in [6.07, 6.45) is 3.51. The molecule has 218 valence electrons. The first-order chi connectivity index (χ1) is 19.8. The van der Waals surface area contributed by atoms with Crippen molar-refractivity contribution in [1.29, 1.82) is 0 Å². The van der Waals surface area contributed by atoms with Gasteiger partial charge in [0, 0.05) is 32.0 Å². The van der Waals surface area contributed by atoms with E-state index in [2.05, 4.69) is 10.0 Å². The van der Waals surface area contributed by atoms with Gasteiger partial charge in [-0.2, -0.15) is 0 Å². The number of carbonyl (C=O) groups excluding carboxylic acids is 2. The van der Waals surface area contributed by atoms with Gasteiger partial charge in [-0.3, -0.25) is 9.59 Å². The van der Waals surface area contributed by atoms with E-state index in [1.54, 1.807) is 36.3 Å². The molecule has 8 nitrogen and oxygen atoms in total. The van der Waals surface area contributed by atoms with Gasteiger partial charge < -0.3 is 15.0 Å². The molecule has 0 bridgehead atoms. The van der Waals surface area contributed by atoms with Gasteiger partial charge in [0.1, 0.15) is 11.8 Å². The molecule has 4 rings (SSSR count). The molecular formula is C32H39N3O5S. The molecule has 1 aliphatic rings. The van der Waals surface area contributed by atoms with Crippen molar-refractivity contribution < 1.29 is 22.7 Å². The van der Waals surface area contributed by atoms with Crippen molar-refractivity contribution in [2.75, 3.05) is 13.7 Å². The lowest BCUT2D eigenvalue weighted by Crippen LogP contribution is -2.50. The average Bonchev–Trinajstić information content (AvgIpc) is 3.80. The summed E-state index contributed by atoms with van der Waals surface area (Å²) in [5.41, 5.74) is 2.70. The molecule has 0 aromatic heterocycles. The van der Waals surface area contributed by atoms with Gasteiger partial charge in [0.2, 0.25) is 21.8 Å². The number of methoxy groups -OCH3 is 1. The molecule has 3 aromatic carbocycles. The van der Waals surface area contributed by atoms with Crippen molar-refractivity contribution in [3.05, 3.63) is 95.6 Å². The number of amides is 2. The highest BCUT2D eigenvalue weighted by molar-refractivity contribution is 7.89. The Morgan fingerprint density at radius 3 is 2.20 bits per heavy atom. The molecule has 9 heteroatoms. The first-order valence-corrected chi connectivity index (χ1v) is 15.6. The minimum Gasteiger partial charge on any atom is -0.497 e. The number of ether oxygens (including phenoxy) is 1. The number of sulfonamides is 1. The molecule has 1 unspecified atom stereocenters. The van der Waals surface area contributed by atoms with Crippen molar-refractivity contribution in [1.82, 2.24) is 14.9 Å². The topological polar surface area (TPSA) is 105 Å². The molecule has 0 saturated heterocycles. The van der Waals surface area contributed by atoms with E-state index in [4.69, 9.17) is 4.74 Å². The van der Waals surface area contributed by atoms with Gasteiger partial charge in [0.25, 0.3) is 0 Å². The van der Waals surface area contributed by atoms with Crippen LogP contribution in [0.1, 0.15) is 49.3 Å². The fourth-order valence-corrected chi connectivity index (χ4v) is 5.87. The molecule has 1 saturated carbocycles. The first kappa shape index (κ1) is 30.3. The third kappa shape index (κ3) is 8.90. The third-order valence-electron chi connectivity index (χ3n) is 7.09. The van der Waals surface area contributed by atoms with Gasteiger partial charge in [0.05, 0.1) is 12.0 Å². The van der Waals surface area contributed by atoms with Crippen LogP contribution in [0.2, 0.25) is 0 Å². The summed E-state index contributed by atoms with van der Waals surface area (Å²) in [4.78, 5) is 29.1. The van der Waals surface area contributed by atoms with E-state index in [1.807, 2.05) is 61.5 Å². The molecular weight excluding hydrogens is 538 g/mol. The van der Waals surface area contributed by atoms with Crippen LogP contribution in [0.5, 0.6) is 5.75 Å². The standard InChI is InChI=1S/C32H39N3O5S/c1-3-21-33-32(37)30(22-25-7-5-4-6-8-25)35(23-26-9-16-28(40-2)17-10-26)31(36)20-13-24-11-18-29(19-12-24)41(38,39)34-27-14-15-27/h4-12,16-19,27,30,34H,3,13-15,20-23H2,1-2H3,(H,33,37). The zero-order valence-corrected chi connectivity index (χ0v) is 24.5. The van der Waals surface area contributed by atoms with Gasteiger partial charge in [-0.05, 0) is 66.6 Å². The number of nitrogens with zero attached hydrogens (tertiary/aromatic N) is 1. The number of hydrogen-bond acceptors (Lipinski definition) is 5. The fraction of sp³-hybridized carbons (Fsp3) is 0.375. The fourth-order valence-electron chi connectivity index (χ4n) is 4.57. The highest BCUT2D eigenvalue weighted by Crippen LogP contribution is 2.23. The van der Waals surface area contributed by atoms with Crippen LogP contribution < -0.4 is 14.8 Å². The number of hydrogen-bond donors (Lipinski definition) is 2. The summed E-state index contributed by atoms with van der Waals surface area (Å²) >= 11 is 0. The monoisotopic (exact) mass is 577 g/mol. The number of rotatable bonds is 15. The van der Waals surface area contributed by atoms with Crippen molar-refractivity contribution in [3.8, 4) is 5.75 Å². The predicted octanol–water partition coefficient (Wildman–Crippen LogP) is 4.23. The largest absolute Gasteiger partial charge is 0.497 e. The van der Waals surface area contributed by atoms with Crippen LogP contribution in [0.3, 0.4) is 0 Å². The van der Waals surface area contributed by atoms with E-state index in [9.17, 15) is 18.0 Å². The SMILES string of the molecule is CCCNC(=O)C(Cc1ccccc1)N(Cc1ccc(OC)cc1)C(=O)CCc1ccc(S(=O)(=O)NC2CC2)cc1. The summed E-state index contributed by atoms with van der Waals surface area (Å²) in [6.45, 7) is 2.79. The Hall–Kier alpha value is -3.69. The molecule has 41 heavy (non-hydrogen) atoms. The van der Waals surface area contributed by atoms with Crippen LogP contribution in [-0.2, 0) is 39.0 Å². The molecule has 3 aromatic rings. The Labute approximate surface area is 243 Å². The van der Waals surface area contributed by atoms with E-state index in [-0.39, 0.29) is 35.7 Å². The van der Waals surface area contributed by atoms with Crippen molar-refractivity contribution in [2.24, 2.45) is 0 Å². The zero-order chi connectivity index (χ0) is 29.2. The van der Waals surface area contributed by atoms with Gasteiger partial charge in [0.15, 0.2) is 0 Å². The normalized spacial score (nSPS) is 13.8. The van der Waals surface area contributed by atoms with Crippen molar-refractivity contribution in [2.45, 2.75) is 69.0 Å². The zero-order valence-electron chi connectivity index (χ0n) is 23.7. The summed E-state index contributed by atoms with van der Waals surface area (Å²) in [5, 5.41) is 2.99. The second-order valence-corrected chi connectivity index (χ2v) is 12.1. The molecule has 2 N–H and O–H groups in total. The molecule has 1 aliphatic carbocycles. The van der Waals surface area contributed by atoms with E-state index in [1.165, 1.54) is 0 Å². The highest BCUT2D eigenvalue weighted by atomic mass is 32.2. The Morgan fingerprint density at radius 2 is 1.59 bits per heavy atom. The van der Waals surface area contributed by atoms with Gasteiger partial charge in [-0.25, -0.2) is 13.1 Å². The van der Waals surface area contributed by atoms with E-state index >= 15 is 0 Å². The second kappa shape index (κ2) is 14.3. The number of benzene rings is 3. The van der Waals surface area contributed by atoms with Gasteiger partial charge in [-0.1, -0.05) is 61.5 Å². The summed E-state index contributed by atoms with van der Waals surface area (Å²) < 4.78 is 33.0. The Morgan fingerprint density at radius 1 is 0.927 bits per heavy atom. The number of nitrogens with one attached hydrogen (secondary N) is 2. The van der Waals surface area contributed by atoms with Gasteiger partial charge >= 0.3 is 0 Å². The summed E-state index contributed by atoms with van der Waals surface area (Å²) in [6, 6.07) is 23.2. The quantitative estimate of drug-likeness (QED) is 0.281. The maximum Gasteiger partial charge on any atom is 0.243 e. The smallest absolute Gasteiger partial charge is 0.243 e. The predicted molar refractivity (Wildman–Crippen MR) is 159 cm³/mol. The molecule has 0 radical (unpaired) electrons. The van der Waals surface area contributed by atoms with Crippen LogP contribution in [0, 0.1) is 0 Å². The minimum absolute atomic E-state index is 0.0346. The number of aryl methyl sites for hydroxylation is 1. The van der Waals surface area contributed by atoms with E-state index < -0.39 is 16.1 Å². The van der Waals surface area contributed by atoms with Crippen LogP contribution in [-0.4, -0.2) is 50.9 Å². The first-order valence-electron chi connectivity index (χ1n) is 14.1. The average molecular weight is 578 g/mol. The second-order valence-electron chi connectivity index (χ2n) is 10.4. The van der Waals surface area contributed by atoms with Gasteiger partial charge in [-0.15, -0.1) is 0 Å². The van der Waals surface area contributed by atoms with Crippen molar-refractivity contribution in [3.63, 3.8) is 0 Å². The Bertz CT molecular complexity index is 1390. The molecule has 1 fully saturated rings. The Kier molecular flexibility index (Phi) is 10.5. The lowest BCUT2D eigenvalue weighted by atomic mass is 10.0.